The number of benzene rings is 1. The van der Waals surface area contributed by atoms with Gasteiger partial charge >= 0.3 is 6.18 Å². The lowest BCUT2D eigenvalue weighted by Crippen LogP contribution is -2.13. The Morgan fingerprint density at radius 1 is 1.12 bits per heavy atom. The number of thiazole rings is 1. The van der Waals surface area contributed by atoms with Crippen LogP contribution in [0.4, 0.5) is 23.2 Å². The number of ether oxygens (including phenoxy) is 1. The van der Waals surface area contributed by atoms with Crippen LogP contribution < -0.4 is 10.1 Å². The lowest BCUT2D eigenvalue weighted by atomic mass is 10.2. The van der Waals surface area contributed by atoms with Crippen molar-refractivity contribution in [3.8, 4) is 11.5 Å². The Hall–Kier alpha value is -3.08. The minimum absolute atomic E-state index is 0.0107. The Balaban J connectivity index is 1.77. The van der Waals surface area contributed by atoms with E-state index in [0.717, 1.165) is 17.5 Å². The second-order valence-corrected chi connectivity index (χ2v) is 5.70. The summed E-state index contributed by atoms with van der Waals surface area (Å²) in [5.74, 6) is -1.34. The second kappa shape index (κ2) is 7.04. The largest absolute Gasteiger partial charge is 0.454 e. The maximum atomic E-state index is 13.7. The highest BCUT2D eigenvalue weighted by Crippen LogP contribution is 2.32. The van der Waals surface area contributed by atoms with Gasteiger partial charge in [0.05, 0.1) is 12.4 Å². The van der Waals surface area contributed by atoms with Crippen LogP contribution in [0.25, 0.3) is 0 Å². The Kier molecular flexibility index (Phi) is 4.80. The highest BCUT2D eigenvalue weighted by atomic mass is 32.1. The summed E-state index contributed by atoms with van der Waals surface area (Å²) in [5, 5.41) is 2.10. The van der Waals surface area contributed by atoms with Crippen LogP contribution in [0, 0.1) is 5.82 Å². The van der Waals surface area contributed by atoms with Crippen LogP contribution in [-0.4, -0.2) is 20.9 Å². The molecule has 0 aliphatic heterocycles. The number of rotatable bonds is 4. The summed E-state index contributed by atoms with van der Waals surface area (Å²) < 4.78 is 56.7. The Morgan fingerprint density at radius 2 is 1.85 bits per heavy atom. The fourth-order valence-corrected chi connectivity index (χ4v) is 2.54. The summed E-state index contributed by atoms with van der Waals surface area (Å²) >= 11 is 0.294. The maximum Gasteiger partial charge on any atom is 0.443 e. The van der Waals surface area contributed by atoms with Gasteiger partial charge < -0.3 is 10.1 Å². The molecule has 0 saturated heterocycles. The Morgan fingerprint density at radius 3 is 2.50 bits per heavy atom. The molecule has 3 rings (SSSR count). The van der Waals surface area contributed by atoms with Crippen LogP contribution in [0.1, 0.15) is 15.5 Å². The lowest BCUT2D eigenvalue weighted by molar-refractivity contribution is -0.137. The number of hydrogen-bond acceptors (Lipinski definition) is 6. The summed E-state index contributed by atoms with van der Waals surface area (Å²) in [4.78, 5) is 22.7. The molecule has 0 fully saturated rings. The molecule has 0 radical (unpaired) electrons. The number of amides is 1. The first-order chi connectivity index (χ1) is 12.3. The minimum Gasteiger partial charge on any atom is -0.454 e. The third-order valence-corrected chi connectivity index (χ3v) is 3.77. The van der Waals surface area contributed by atoms with Gasteiger partial charge in [-0.05, 0) is 6.07 Å². The van der Waals surface area contributed by atoms with E-state index >= 15 is 0 Å². The molecule has 0 aliphatic rings. The van der Waals surface area contributed by atoms with Crippen molar-refractivity contribution in [3.63, 3.8) is 0 Å². The van der Waals surface area contributed by atoms with Crippen molar-refractivity contribution in [2.24, 2.45) is 0 Å². The van der Waals surface area contributed by atoms with Gasteiger partial charge in [-0.25, -0.2) is 19.3 Å². The number of aromatic nitrogens is 3. The summed E-state index contributed by atoms with van der Waals surface area (Å²) in [6.07, 6.45) is -0.651. The quantitative estimate of drug-likeness (QED) is 0.685. The monoisotopic (exact) mass is 384 g/mol. The van der Waals surface area contributed by atoms with Crippen molar-refractivity contribution in [3.05, 3.63) is 58.8 Å². The number of hydrogen-bond donors (Lipinski definition) is 1. The fraction of sp³-hybridized carbons (Fsp3) is 0.0667. The highest BCUT2D eigenvalue weighted by molar-refractivity contribution is 7.10. The van der Waals surface area contributed by atoms with Gasteiger partial charge in [0.15, 0.2) is 10.8 Å². The van der Waals surface area contributed by atoms with Gasteiger partial charge in [0.2, 0.25) is 0 Å². The third-order valence-electron chi connectivity index (χ3n) is 2.88. The van der Waals surface area contributed by atoms with Gasteiger partial charge in [-0.15, -0.1) is 11.3 Å². The molecule has 1 aromatic carbocycles. The highest BCUT2D eigenvalue weighted by Gasteiger charge is 2.35. The predicted octanol–water partition coefficient (Wildman–Crippen LogP) is 4.14. The predicted molar refractivity (Wildman–Crippen MR) is 83.6 cm³/mol. The number of halogens is 4. The molecule has 2 aromatic heterocycles. The van der Waals surface area contributed by atoms with Crippen molar-refractivity contribution in [2.75, 3.05) is 5.32 Å². The van der Waals surface area contributed by atoms with Crippen molar-refractivity contribution < 1.29 is 27.1 Å². The molecular formula is C15H8F4N4O2S. The zero-order valence-corrected chi connectivity index (χ0v) is 13.4. The molecule has 1 amide bonds. The average Bonchev–Trinajstić information content (AvgIpc) is 3.05. The lowest BCUT2D eigenvalue weighted by Gasteiger charge is -2.08. The summed E-state index contributed by atoms with van der Waals surface area (Å²) in [6.45, 7) is 0. The van der Waals surface area contributed by atoms with Gasteiger partial charge in [0.1, 0.15) is 23.6 Å². The molecular weight excluding hydrogens is 376 g/mol. The van der Waals surface area contributed by atoms with Crippen molar-refractivity contribution in [2.45, 2.75) is 6.18 Å². The summed E-state index contributed by atoms with van der Waals surface area (Å²) in [5.41, 5.74) is -0.436. The first-order valence-corrected chi connectivity index (χ1v) is 7.77. The molecule has 0 atom stereocenters. The van der Waals surface area contributed by atoms with E-state index in [1.54, 1.807) is 0 Å². The van der Waals surface area contributed by atoms with E-state index in [4.69, 9.17) is 4.74 Å². The molecule has 1 N–H and O–H groups in total. The molecule has 26 heavy (non-hydrogen) atoms. The van der Waals surface area contributed by atoms with E-state index < -0.39 is 28.6 Å². The van der Waals surface area contributed by atoms with E-state index in [1.165, 1.54) is 24.8 Å². The van der Waals surface area contributed by atoms with E-state index in [-0.39, 0.29) is 17.2 Å². The van der Waals surface area contributed by atoms with Crippen LogP contribution in [0.2, 0.25) is 0 Å². The number of carbonyl (C=O) groups excluding carboxylic acids is 1. The van der Waals surface area contributed by atoms with Gasteiger partial charge in [-0.2, -0.15) is 13.2 Å². The SMILES string of the molecule is O=C(Nc1cc(F)cc(Oc2cncnc2)c1)c1csc(C(F)(F)F)n1. The number of nitrogens with zero attached hydrogens (tertiary/aromatic N) is 3. The first-order valence-electron chi connectivity index (χ1n) is 6.89. The summed E-state index contributed by atoms with van der Waals surface area (Å²) in [7, 11) is 0. The van der Waals surface area contributed by atoms with Crippen LogP contribution in [-0.2, 0) is 6.18 Å². The molecule has 6 nitrogen and oxygen atoms in total. The normalized spacial score (nSPS) is 11.2. The smallest absolute Gasteiger partial charge is 0.443 e. The minimum atomic E-state index is -4.64. The Bertz CT molecular complexity index is 931. The molecule has 0 unspecified atom stereocenters. The van der Waals surface area contributed by atoms with Crippen molar-refractivity contribution in [1.29, 1.82) is 0 Å². The molecule has 134 valence electrons. The molecule has 0 spiro atoms. The van der Waals surface area contributed by atoms with E-state index in [0.29, 0.717) is 11.3 Å². The fourth-order valence-electron chi connectivity index (χ4n) is 1.87. The summed E-state index contributed by atoms with van der Waals surface area (Å²) in [6, 6.07) is 3.35. The van der Waals surface area contributed by atoms with E-state index in [9.17, 15) is 22.4 Å². The van der Waals surface area contributed by atoms with Gasteiger partial charge in [-0.1, -0.05) is 0 Å². The first kappa shape index (κ1) is 17.7. The van der Waals surface area contributed by atoms with Crippen LogP contribution in [0.15, 0.2) is 42.3 Å². The number of alkyl halides is 3. The van der Waals surface area contributed by atoms with Gasteiger partial charge in [0, 0.05) is 23.2 Å². The van der Waals surface area contributed by atoms with Crippen molar-refractivity contribution >= 4 is 22.9 Å². The zero-order valence-electron chi connectivity index (χ0n) is 12.6. The molecule has 0 saturated carbocycles. The van der Waals surface area contributed by atoms with Gasteiger partial charge in [0.25, 0.3) is 5.91 Å². The zero-order chi connectivity index (χ0) is 18.7. The van der Waals surface area contributed by atoms with Gasteiger partial charge in [-0.3, -0.25) is 4.79 Å². The number of anilines is 1. The molecule has 0 aliphatic carbocycles. The average molecular weight is 384 g/mol. The number of carbonyl (C=O) groups is 1. The topological polar surface area (TPSA) is 77.0 Å². The third kappa shape index (κ3) is 4.30. The molecule has 3 aromatic rings. The second-order valence-electron chi connectivity index (χ2n) is 4.84. The standard InChI is InChI=1S/C15H8F4N4O2S/c16-8-1-9(3-10(2-8)25-11-4-20-7-21-5-11)22-13(24)12-6-26-14(23-12)15(17,18)19/h1-7H,(H,22,24). The van der Waals surface area contributed by atoms with E-state index in [2.05, 4.69) is 20.3 Å². The molecule has 11 heteroatoms. The van der Waals surface area contributed by atoms with E-state index in [1.807, 2.05) is 0 Å². The van der Waals surface area contributed by atoms with Crippen LogP contribution >= 0.6 is 11.3 Å². The Labute approximate surface area is 147 Å². The van der Waals surface area contributed by atoms with Crippen LogP contribution in [0.3, 0.4) is 0 Å². The van der Waals surface area contributed by atoms with Crippen LogP contribution in [0.5, 0.6) is 11.5 Å². The maximum absolute atomic E-state index is 13.7. The molecule has 2 heterocycles. The molecule has 0 bridgehead atoms. The van der Waals surface area contributed by atoms with Crippen molar-refractivity contribution in [1.82, 2.24) is 15.0 Å². The number of nitrogens with one attached hydrogen (secondary N) is 1.